The summed E-state index contributed by atoms with van der Waals surface area (Å²) in [5.41, 5.74) is 13.3. The molecule has 10 nitrogen and oxygen atoms in total. The van der Waals surface area contributed by atoms with Crippen molar-refractivity contribution in [3.05, 3.63) is 28.8 Å². The van der Waals surface area contributed by atoms with E-state index in [1.807, 2.05) is 19.9 Å². The minimum atomic E-state index is -0.831. The molecule has 2 rings (SSSR count). The molecular formula is C34H53N5O5S. The zero-order valence-electron chi connectivity index (χ0n) is 27.8. The fourth-order valence-electron chi connectivity index (χ4n) is 5.28. The zero-order valence-corrected chi connectivity index (χ0v) is 28.6. The normalized spacial score (nSPS) is 14.2. The minimum Gasteiger partial charge on any atom is -0.368 e. The van der Waals surface area contributed by atoms with Gasteiger partial charge in [-0.1, -0.05) is 54.0 Å². The van der Waals surface area contributed by atoms with Crippen LogP contribution in [-0.4, -0.2) is 52.9 Å². The Kier molecular flexibility index (Phi) is 15.8. The van der Waals surface area contributed by atoms with Crippen LogP contribution >= 0.6 is 11.3 Å². The van der Waals surface area contributed by atoms with Gasteiger partial charge in [-0.2, -0.15) is 0 Å². The van der Waals surface area contributed by atoms with Crippen LogP contribution in [0.2, 0.25) is 0 Å². The molecule has 0 bridgehead atoms. The van der Waals surface area contributed by atoms with E-state index in [9.17, 15) is 24.0 Å². The molecule has 3 amide bonds. The molecule has 6 N–H and O–H groups in total. The van der Waals surface area contributed by atoms with E-state index < -0.39 is 35.7 Å². The molecule has 1 aromatic heterocycles. The number of amides is 3. The molecule has 1 heterocycles. The molecule has 0 aliphatic heterocycles. The molecule has 0 aliphatic carbocycles. The molecule has 0 aliphatic rings. The number of carbonyl (C=O) groups is 5. The summed E-state index contributed by atoms with van der Waals surface area (Å²) in [6.07, 6.45) is 3.00. The number of fused-ring (bicyclic) bond motifs is 1. The van der Waals surface area contributed by atoms with E-state index in [4.69, 9.17) is 16.5 Å². The van der Waals surface area contributed by atoms with E-state index in [0.717, 1.165) is 15.2 Å². The first-order chi connectivity index (χ1) is 21.3. The van der Waals surface area contributed by atoms with Crippen LogP contribution in [0, 0.1) is 17.8 Å². The summed E-state index contributed by atoms with van der Waals surface area (Å²) in [7, 11) is 0. The second-order valence-electron chi connectivity index (χ2n) is 12.7. The van der Waals surface area contributed by atoms with E-state index >= 15 is 0 Å². The van der Waals surface area contributed by atoms with Crippen LogP contribution < -0.4 is 22.1 Å². The molecular weight excluding hydrogens is 590 g/mol. The number of hydrogen-bond acceptors (Lipinski definition) is 8. The minimum absolute atomic E-state index is 0.0419. The first kappa shape index (κ1) is 38.0. The maximum absolute atomic E-state index is 13.6. The molecule has 0 unspecified atom stereocenters. The molecule has 0 saturated heterocycles. The summed E-state index contributed by atoms with van der Waals surface area (Å²) in [6.45, 7) is 12.1. The highest BCUT2D eigenvalue weighted by Crippen LogP contribution is 2.28. The number of nitrogens with zero attached hydrogens (tertiary/aromatic N) is 1. The van der Waals surface area contributed by atoms with Crippen LogP contribution in [0.25, 0.3) is 10.2 Å². The van der Waals surface area contributed by atoms with Gasteiger partial charge in [-0.05, 0) is 61.8 Å². The van der Waals surface area contributed by atoms with Crippen molar-refractivity contribution < 1.29 is 24.0 Å². The second-order valence-corrected chi connectivity index (χ2v) is 13.8. The number of benzene rings is 1. The Hall–Kier alpha value is -3.18. The lowest BCUT2D eigenvalue weighted by atomic mass is 9.90. The maximum atomic E-state index is 13.6. The molecule has 11 heteroatoms. The highest BCUT2D eigenvalue weighted by molar-refractivity contribution is 7.18. The SMILES string of the molecule is CCC(=O)C[C@@H](Cc1nc2ccc(C(C)C)cc2s1)C(=O)N[C@@H](CC)C(=O)C[C@@H](CCCCN)C(=O)N[C@@H](CC(C)C)C(N)=O. The molecule has 0 saturated carbocycles. The van der Waals surface area contributed by atoms with Gasteiger partial charge in [0.25, 0.3) is 0 Å². The molecule has 0 radical (unpaired) electrons. The first-order valence-electron chi connectivity index (χ1n) is 16.3. The van der Waals surface area contributed by atoms with Crippen molar-refractivity contribution in [3.8, 4) is 0 Å². The zero-order chi connectivity index (χ0) is 33.7. The average Bonchev–Trinajstić information content (AvgIpc) is 3.39. The highest BCUT2D eigenvalue weighted by Gasteiger charge is 2.31. The van der Waals surface area contributed by atoms with Crippen molar-refractivity contribution in [2.24, 2.45) is 29.2 Å². The van der Waals surface area contributed by atoms with Crippen molar-refractivity contribution in [2.75, 3.05) is 6.54 Å². The van der Waals surface area contributed by atoms with Crippen molar-refractivity contribution in [2.45, 2.75) is 117 Å². The van der Waals surface area contributed by atoms with E-state index in [-0.39, 0.29) is 42.7 Å². The number of carbonyl (C=O) groups excluding carboxylic acids is 5. The third-order valence-electron chi connectivity index (χ3n) is 8.09. The molecule has 1 aromatic carbocycles. The predicted molar refractivity (Wildman–Crippen MR) is 180 cm³/mol. The maximum Gasteiger partial charge on any atom is 0.240 e. The number of rotatable bonds is 21. The summed E-state index contributed by atoms with van der Waals surface area (Å²) in [5, 5.41) is 6.39. The Morgan fingerprint density at radius 2 is 1.58 bits per heavy atom. The molecule has 2 aromatic rings. The van der Waals surface area contributed by atoms with Crippen molar-refractivity contribution in [1.29, 1.82) is 0 Å². The fourth-order valence-corrected chi connectivity index (χ4v) is 6.37. The molecule has 45 heavy (non-hydrogen) atoms. The fraction of sp³-hybridized carbons (Fsp3) is 0.647. The van der Waals surface area contributed by atoms with E-state index in [0.29, 0.717) is 51.0 Å². The largest absolute Gasteiger partial charge is 0.368 e. The van der Waals surface area contributed by atoms with E-state index in [1.54, 1.807) is 13.8 Å². The number of nitrogens with two attached hydrogens (primary N) is 2. The number of Topliss-reactive ketones (excluding diaryl/α,β-unsaturated/α-hetero) is 2. The third-order valence-corrected chi connectivity index (χ3v) is 9.13. The molecule has 250 valence electrons. The molecule has 0 fully saturated rings. The molecule has 4 atom stereocenters. The standard InChI is InChI=1S/C34H53N5O5S/c1-7-25(40)16-24(19-31-37-27-13-12-22(21(5)6)18-30(27)45-31)34(44)38-26(8-2)29(41)17-23(11-9-10-14-35)33(43)39-28(32(36)42)15-20(3)4/h12-13,18,20-21,23-24,26,28H,7-11,14-17,19,35H2,1-6H3,(H2,36,42)(H,38,44)(H,39,43)/t23-,24+,26+,28+/m1/s1. The van der Waals surface area contributed by atoms with Gasteiger partial charge in [0, 0.05) is 31.6 Å². The number of hydrogen-bond donors (Lipinski definition) is 4. The number of primary amides is 1. The average molecular weight is 644 g/mol. The Morgan fingerprint density at radius 3 is 2.16 bits per heavy atom. The van der Waals surface area contributed by atoms with E-state index in [2.05, 4.69) is 36.6 Å². The third kappa shape index (κ3) is 12.3. The smallest absolute Gasteiger partial charge is 0.240 e. The monoisotopic (exact) mass is 643 g/mol. The van der Waals surface area contributed by atoms with Gasteiger partial charge >= 0.3 is 0 Å². The van der Waals surface area contributed by atoms with Gasteiger partial charge in [-0.15, -0.1) is 11.3 Å². The quantitative estimate of drug-likeness (QED) is 0.144. The van der Waals surface area contributed by atoms with E-state index in [1.165, 1.54) is 16.9 Å². The predicted octanol–water partition coefficient (Wildman–Crippen LogP) is 4.56. The lowest BCUT2D eigenvalue weighted by molar-refractivity contribution is -0.135. The van der Waals surface area contributed by atoms with Gasteiger partial charge in [0.05, 0.1) is 27.2 Å². The van der Waals surface area contributed by atoms with Gasteiger partial charge in [0.15, 0.2) is 5.78 Å². The van der Waals surface area contributed by atoms with Crippen molar-refractivity contribution in [1.82, 2.24) is 15.6 Å². The topological polar surface area (TPSA) is 174 Å². The summed E-state index contributed by atoms with van der Waals surface area (Å²) >= 11 is 1.52. The van der Waals surface area contributed by atoms with Gasteiger partial charge in [-0.3, -0.25) is 24.0 Å². The van der Waals surface area contributed by atoms with Gasteiger partial charge < -0.3 is 22.1 Å². The second kappa shape index (κ2) is 18.7. The van der Waals surface area contributed by atoms with Gasteiger partial charge in [0.2, 0.25) is 17.7 Å². The van der Waals surface area contributed by atoms with Gasteiger partial charge in [0.1, 0.15) is 11.8 Å². The Labute approximate surface area is 271 Å². The molecule has 0 spiro atoms. The van der Waals surface area contributed by atoms with Crippen LogP contribution in [0.5, 0.6) is 0 Å². The van der Waals surface area contributed by atoms with Crippen LogP contribution in [0.1, 0.15) is 109 Å². The number of ketones is 2. The lowest BCUT2D eigenvalue weighted by Crippen LogP contribution is -2.49. The van der Waals surface area contributed by atoms with Gasteiger partial charge in [-0.25, -0.2) is 4.98 Å². The summed E-state index contributed by atoms with van der Waals surface area (Å²) in [6, 6.07) is 4.50. The van der Waals surface area contributed by atoms with Crippen LogP contribution in [-0.2, 0) is 30.4 Å². The van der Waals surface area contributed by atoms with Crippen molar-refractivity contribution in [3.63, 3.8) is 0 Å². The highest BCUT2D eigenvalue weighted by atomic mass is 32.1. The Bertz CT molecular complexity index is 1310. The number of thiazole rings is 1. The van der Waals surface area contributed by atoms with Crippen LogP contribution in [0.4, 0.5) is 0 Å². The Morgan fingerprint density at radius 1 is 0.911 bits per heavy atom. The number of nitrogens with one attached hydrogen (secondary N) is 2. The van der Waals surface area contributed by atoms with Crippen LogP contribution in [0.3, 0.4) is 0 Å². The number of unbranched alkanes of at least 4 members (excludes halogenated alkanes) is 1. The van der Waals surface area contributed by atoms with Crippen molar-refractivity contribution >= 4 is 50.8 Å². The first-order valence-corrected chi connectivity index (χ1v) is 17.1. The summed E-state index contributed by atoms with van der Waals surface area (Å²) in [4.78, 5) is 69.6. The lowest BCUT2D eigenvalue weighted by Gasteiger charge is -2.24. The van der Waals surface area contributed by atoms with Crippen LogP contribution in [0.15, 0.2) is 18.2 Å². The Balaban J connectivity index is 2.21. The number of aromatic nitrogens is 1. The summed E-state index contributed by atoms with van der Waals surface area (Å²) < 4.78 is 1.03. The summed E-state index contributed by atoms with van der Waals surface area (Å²) in [5.74, 6) is -2.60.